The van der Waals surface area contributed by atoms with Gasteiger partial charge in [-0.15, -0.1) is 0 Å². The highest BCUT2D eigenvalue weighted by molar-refractivity contribution is 7.82. The van der Waals surface area contributed by atoms with Crippen molar-refractivity contribution in [3.05, 3.63) is 102 Å². The molecule has 1 atom stereocenters. The quantitative estimate of drug-likeness (QED) is 0.456. The molecule has 27 heavy (non-hydrogen) atoms. The zero-order valence-corrected chi connectivity index (χ0v) is 15.4. The first-order valence-electron chi connectivity index (χ1n) is 8.61. The van der Waals surface area contributed by atoms with Gasteiger partial charge in [-0.25, -0.2) is 12.9 Å². The average molecular weight is 379 g/mol. The highest BCUT2D eigenvalue weighted by Gasteiger charge is 2.18. The van der Waals surface area contributed by atoms with Gasteiger partial charge in [0.2, 0.25) is 0 Å². The summed E-state index contributed by atoms with van der Waals surface area (Å²) in [5.41, 5.74) is 0.886. The second kappa shape index (κ2) is 7.86. The smallest absolute Gasteiger partial charge is 0.128 e. The van der Waals surface area contributed by atoms with Gasteiger partial charge in [-0.2, -0.15) is 0 Å². The first-order valence-corrected chi connectivity index (χ1v) is 9.72. The van der Waals surface area contributed by atoms with Crippen molar-refractivity contribution in [3.8, 4) is 0 Å². The molecule has 3 aromatic carbocycles. The van der Waals surface area contributed by atoms with Crippen LogP contribution in [0.2, 0.25) is 0 Å². The maximum absolute atomic E-state index is 13.3. The van der Waals surface area contributed by atoms with E-state index in [0.717, 1.165) is 27.0 Å². The molecular formula is C22H18FNO2S. The molecule has 1 heterocycles. The third kappa shape index (κ3) is 4.15. The molecule has 0 aliphatic carbocycles. The predicted octanol–water partition coefficient (Wildman–Crippen LogP) is 5.30. The van der Waals surface area contributed by atoms with Gasteiger partial charge in [0, 0.05) is 6.54 Å². The molecule has 0 spiro atoms. The van der Waals surface area contributed by atoms with Crippen molar-refractivity contribution >= 4 is 21.8 Å². The van der Waals surface area contributed by atoms with Crippen molar-refractivity contribution in [2.24, 2.45) is 0 Å². The fourth-order valence-electron chi connectivity index (χ4n) is 2.97. The van der Waals surface area contributed by atoms with Gasteiger partial charge in [-0.05, 0) is 52.7 Å². The zero-order chi connectivity index (χ0) is 18.6. The number of benzene rings is 3. The molecule has 0 N–H and O–H groups in total. The Morgan fingerprint density at radius 1 is 0.852 bits per heavy atom. The Bertz CT molecular complexity index is 1060. The summed E-state index contributed by atoms with van der Waals surface area (Å²) in [4.78, 5) is 0.724. The molecule has 5 heteroatoms. The van der Waals surface area contributed by atoms with Crippen LogP contribution in [0.5, 0.6) is 0 Å². The number of hydrogen-bond acceptors (Lipinski definition) is 2. The number of nitrogens with zero attached hydrogens (tertiary/aromatic N) is 1. The van der Waals surface area contributed by atoms with Crippen LogP contribution in [0.15, 0.2) is 94.4 Å². The number of fused-ring (bicyclic) bond motifs is 1. The molecule has 0 fully saturated rings. The second-order valence-corrected chi connectivity index (χ2v) is 7.75. The lowest BCUT2D eigenvalue weighted by Gasteiger charge is -2.20. The summed E-state index contributed by atoms with van der Waals surface area (Å²) in [6.45, 7) is 0.810. The Balaban J connectivity index is 1.64. The van der Waals surface area contributed by atoms with E-state index in [2.05, 4.69) is 0 Å². The van der Waals surface area contributed by atoms with E-state index in [0.29, 0.717) is 13.1 Å². The van der Waals surface area contributed by atoms with Crippen LogP contribution >= 0.6 is 0 Å². The van der Waals surface area contributed by atoms with E-state index in [1.807, 2.05) is 58.9 Å². The summed E-state index contributed by atoms with van der Waals surface area (Å²) < 4.78 is 33.8. The van der Waals surface area contributed by atoms with Gasteiger partial charge >= 0.3 is 0 Å². The highest BCUT2D eigenvalue weighted by atomic mass is 32.2. The molecule has 0 bridgehead atoms. The zero-order valence-electron chi connectivity index (χ0n) is 14.5. The standard InChI is InChI=1S/C22H18FNO2S/c23-20-10-7-17(8-11-20)15-24(16-21-6-3-13-26-21)27(25)22-12-9-18-4-1-2-5-19(18)14-22/h1-14H,15-16H2/t27-/m0/s1. The van der Waals surface area contributed by atoms with Crippen molar-refractivity contribution in [1.29, 1.82) is 0 Å². The van der Waals surface area contributed by atoms with Crippen LogP contribution in [0.25, 0.3) is 10.8 Å². The number of furan rings is 1. The van der Waals surface area contributed by atoms with E-state index in [1.54, 1.807) is 18.4 Å². The lowest BCUT2D eigenvalue weighted by molar-refractivity contribution is 0.378. The normalized spacial score (nSPS) is 12.5. The van der Waals surface area contributed by atoms with Crippen LogP contribution in [-0.2, 0) is 24.1 Å². The molecule has 4 rings (SSSR count). The summed E-state index contributed by atoms with van der Waals surface area (Å²) in [5.74, 6) is 0.443. The Morgan fingerprint density at radius 3 is 2.37 bits per heavy atom. The van der Waals surface area contributed by atoms with Gasteiger partial charge < -0.3 is 4.42 Å². The Morgan fingerprint density at radius 2 is 1.63 bits per heavy atom. The Kier molecular flexibility index (Phi) is 5.14. The van der Waals surface area contributed by atoms with Crippen LogP contribution in [0.4, 0.5) is 4.39 Å². The molecule has 0 amide bonds. The molecule has 1 aromatic heterocycles. The molecule has 3 nitrogen and oxygen atoms in total. The van der Waals surface area contributed by atoms with Gasteiger partial charge in [-0.1, -0.05) is 42.5 Å². The third-order valence-electron chi connectivity index (χ3n) is 4.34. The summed E-state index contributed by atoms with van der Waals surface area (Å²) in [6, 6.07) is 23.7. The van der Waals surface area contributed by atoms with E-state index in [-0.39, 0.29) is 5.82 Å². The van der Waals surface area contributed by atoms with E-state index in [9.17, 15) is 8.60 Å². The van der Waals surface area contributed by atoms with Crippen LogP contribution in [0.1, 0.15) is 11.3 Å². The molecular weight excluding hydrogens is 361 g/mol. The minimum atomic E-state index is -1.39. The molecule has 0 unspecified atom stereocenters. The fraction of sp³-hybridized carbons (Fsp3) is 0.0909. The number of halogens is 1. The van der Waals surface area contributed by atoms with Crippen molar-refractivity contribution < 1.29 is 13.0 Å². The van der Waals surface area contributed by atoms with Crippen molar-refractivity contribution in [2.75, 3.05) is 0 Å². The summed E-state index contributed by atoms with van der Waals surface area (Å²) >= 11 is 0. The predicted molar refractivity (Wildman–Crippen MR) is 105 cm³/mol. The highest BCUT2D eigenvalue weighted by Crippen LogP contribution is 2.22. The maximum atomic E-state index is 13.3. The minimum absolute atomic E-state index is 0.285. The van der Waals surface area contributed by atoms with Crippen LogP contribution in [-0.4, -0.2) is 8.51 Å². The number of rotatable bonds is 6. The summed E-state index contributed by atoms with van der Waals surface area (Å²) in [5, 5.41) is 2.15. The molecule has 0 saturated heterocycles. The van der Waals surface area contributed by atoms with Gasteiger partial charge in [0.25, 0.3) is 0 Å². The van der Waals surface area contributed by atoms with Gasteiger partial charge in [0.05, 0.1) is 17.7 Å². The molecule has 0 radical (unpaired) electrons. The molecule has 136 valence electrons. The van der Waals surface area contributed by atoms with E-state index >= 15 is 0 Å². The van der Waals surface area contributed by atoms with Gasteiger partial charge in [-0.3, -0.25) is 0 Å². The van der Waals surface area contributed by atoms with Gasteiger partial charge in [0.15, 0.2) is 0 Å². The van der Waals surface area contributed by atoms with Crippen LogP contribution in [0.3, 0.4) is 0 Å². The Labute approximate surface area is 159 Å². The molecule has 0 aliphatic rings. The minimum Gasteiger partial charge on any atom is -0.468 e. The van der Waals surface area contributed by atoms with E-state index in [1.165, 1.54) is 12.1 Å². The summed E-state index contributed by atoms with van der Waals surface area (Å²) in [7, 11) is -1.39. The fourth-order valence-corrected chi connectivity index (χ4v) is 4.19. The second-order valence-electron chi connectivity index (χ2n) is 6.26. The third-order valence-corrected chi connectivity index (χ3v) is 5.73. The van der Waals surface area contributed by atoms with Crippen LogP contribution < -0.4 is 0 Å². The molecule has 4 aromatic rings. The van der Waals surface area contributed by atoms with Gasteiger partial charge in [0.1, 0.15) is 22.6 Å². The first kappa shape index (κ1) is 17.6. The topological polar surface area (TPSA) is 33.5 Å². The number of hydrogen-bond donors (Lipinski definition) is 0. The average Bonchev–Trinajstić information content (AvgIpc) is 3.21. The SMILES string of the molecule is O=[S@@](c1ccc2ccccc2c1)N(Cc1ccc(F)cc1)Cc1ccco1. The Hall–Kier alpha value is -2.76. The maximum Gasteiger partial charge on any atom is 0.128 e. The van der Waals surface area contributed by atoms with Crippen molar-refractivity contribution in [2.45, 2.75) is 18.0 Å². The van der Waals surface area contributed by atoms with Crippen LogP contribution in [0, 0.1) is 5.82 Å². The molecule has 0 saturated carbocycles. The molecule has 0 aliphatic heterocycles. The largest absolute Gasteiger partial charge is 0.468 e. The monoisotopic (exact) mass is 379 g/mol. The summed E-state index contributed by atoms with van der Waals surface area (Å²) in [6.07, 6.45) is 1.60. The lowest BCUT2D eigenvalue weighted by Crippen LogP contribution is -2.25. The van der Waals surface area contributed by atoms with E-state index in [4.69, 9.17) is 4.42 Å². The first-order chi connectivity index (χ1) is 13.2. The lowest BCUT2D eigenvalue weighted by atomic mass is 10.1. The van der Waals surface area contributed by atoms with Crippen molar-refractivity contribution in [1.82, 2.24) is 4.31 Å². The van der Waals surface area contributed by atoms with E-state index < -0.39 is 11.0 Å². The van der Waals surface area contributed by atoms with Crippen molar-refractivity contribution in [3.63, 3.8) is 0 Å².